The summed E-state index contributed by atoms with van der Waals surface area (Å²) >= 11 is 0. The molecule has 5 nitrogen and oxygen atoms in total. The summed E-state index contributed by atoms with van der Waals surface area (Å²) in [5.41, 5.74) is 0. The molecule has 0 aromatic heterocycles. The van der Waals surface area contributed by atoms with Crippen molar-refractivity contribution in [3.8, 4) is 0 Å². The van der Waals surface area contributed by atoms with Gasteiger partial charge in [0.2, 0.25) is 5.91 Å². The zero-order valence-corrected chi connectivity index (χ0v) is 10.1. The Morgan fingerprint density at radius 1 is 1.24 bits per heavy atom. The van der Waals surface area contributed by atoms with Gasteiger partial charge in [-0.2, -0.15) is 0 Å². The average molecular weight is 243 g/mol. The van der Waals surface area contributed by atoms with Crippen LogP contribution in [0.2, 0.25) is 0 Å². The summed E-state index contributed by atoms with van der Waals surface area (Å²) in [4.78, 5) is 21.2. The molecule has 0 saturated heterocycles. The van der Waals surface area contributed by atoms with Gasteiger partial charge in [-0.15, -0.1) is 0 Å². The number of nitrogens with one attached hydrogen (secondary N) is 1. The van der Waals surface area contributed by atoms with Crippen molar-refractivity contribution in [2.24, 2.45) is 0 Å². The standard InChI is InChI=1S/C12H21NO4/c14-11(9-12(15)16)13-7-4-8-17-10-5-2-1-3-6-10/h10H,1-9H2,(H,13,14)(H,15,16). The summed E-state index contributed by atoms with van der Waals surface area (Å²) in [5, 5.41) is 10.9. The lowest BCUT2D eigenvalue weighted by molar-refractivity contribution is -0.140. The van der Waals surface area contributed by atoms with Crippen molar-refractivity contribution in [2.45, 2.75) is 51.0 Å². The molecule has 0 atom stereocenters. The molecular formula is C12H21NO4. The number of carbonyl (C=O) groups excluding carboxylic acids is 1. The zero-order valence-electron chi connectivity index (χ0n) is 10.1. The second kappa shape index (κ2) is 8.06. The van der Waals surface area contributed by atoms with Gasteiger partial charge in [0.05, 0.1) is 6.10 Å². The van der Waals surface area contributed by atoms with Crippen LogP contribution >= 0.6 is 0 Å². The molecule has 1 aliphatic rings. The predicted octanol–water partition coefficient (Wildman–Crippen LogP) is 1.32. The summed E-state index contributed by atoms with van der Waals surface area (Å²) in [5.74, 6) is -1.53. The van der Waals surface area contributed by atoms with E-state index in [1.54, 1.807) is 0 Å². The molecule has 5 heteroatoms. The Labute approximate surface area is 102 Å². The Kier molecular flexibility index (Phi) is 6.62. The Bertz CT molecular complexity index is 249. The van der Waals surface area contributed by atoms with E-state index in [0.717, 1.165) is 19.3 Å². The van der Waals surface area contributed by atoms with Gasteiger partial charge in [-0.1, -0.05) is 19.3 Å². The monoisotopic (exact) mass is 243 g/mol. The van der Waals surface area contributed by atoms with Crippen LogP contribution in [-0.2, 0) is 14.3 Å². The largest absolute Gasteiger partial charge is 0.481 e. The molecule has 17 heavy (non-hydrogen) atoms. The summed E-state index contributed by atoms with van der Waals surface area (Å²) in [6, 6.07) is 0. The maximum absolute atomic E-state index is 11.0. The lowest BCUT2D eigenvalue weighted by Gasteiger charge is -2.21. The first kappa shape index (κ1) is 14.0. The maximum atomic E-state index is 11.0. The molecule has 0 radical (unpaired) electrons. The minimum Gasteiger partial charge on any atom is -0.481 e. The van der Waals surface area contributed by atoms with Crippen LogP contribution in [0.15, 0.2) is 0 Å². The number of ether oxygens (including phenoxy) is 1. The Morgan fingerprint density at radius 2 is 1.94 bits per heavy atom. The van der Waals surface area contributed by atoms with Gasteiger partial charge in [0.25, 0.3) is 0 Å². The minimum absolute atomic E-state index is 0.387. The van der Waals surface area contributed by atoms with Crippen LogP contribution in [0.4, 0.5) is 0 Å². The molecule has 1 rings (SSSR count). The average Bonchev–Trinajstić information content (AvgIpc) is 2.29. The van der Waals surface area contributed by atoms with Crippen LogP contribution in [0.5, 0.6) is 0 Å². The molecule has 0 aromatic carbocycles. The van der Waals surface area contributed by atoms with Crippen LogP contribution in [0.3, 0.4) is 0 Å². The van der Waals surface area contributed by atoms with Gasteiger partial charge in [-0.05, 0) is 19.3 Å². The number of rotatable bonds is 7. The highest BCUT2D eigenvalue weighted by Gasteiger charge is 2.13. The van der Waals surface area contributed by atoms with Gasteiger partial charge in [0.1, 0.15) is 6.42 Å². The molecule has 1 aliphatic carbocycles. The zero-order chi connectivity index (χ0) is 12.5. The number of carboxylic acids is 1. The second-order valence-electron chi connectivity index (χ2n) is 4.40. The molecule has 0 aromatic rings. The van der Waals surface area contributed by atoms with E-state index >= 15 is 0 Å². The SMILES string of the molecule is O=C(O)CC(=O)NCCCOC1CCCCC1. The van der Waals surface area contributed by atoms with Crippen LogP contribution in [0.1, 0.15) is 44.9 Å². The first-order chi connectivity index (χ1) is 8.18. The fourth-order valence-electron chi connectivity index (χ4n) is 1.98. The van der Waals surface area contributed by atoms with Gasteiger partial charge in [0, 0.05) is 13.2 Å². The fourth-order valence-corrected chi connectivity index (χ4v) is 1.98. The second-order valence-corrected chi connectivity index (χ2v) is 4.40. The summed E-state index contributed by atoms with van der Waals surface area (Å²) in [7, 11) is 0. The molecule has 1 amide bonds. The van der Waals surface area contributed by atoms with Gasteiger partial charge in [0.15, 0.2) is 0 Å². The third-order valence-electron chi connectivity index (χ3n) is 2.86. The fraction of sp³-hybridized carbons (Fsp3) is 0.833. The van der Waals surface area contributed by atoms with Crippen LogP contribution < -0.4 is 5.32 Å². The Hall–Kier alpha value is -1.10. The van der Waals surface area contributed by atoms with Gasteiger partial charge in [-0.3, -0.25) is 9.59 Å². The van der Waals surface area contributed by atoms with Crippen LogP contribution in [0.25, 0.3) is 0 Å². The molecule has 1 fully saturated rings. The molecule has 98 valence electrons. The van der Waals surface area contributed by atoms with E-state index < -0.39 is 18.3 Å². The van der Waals surface area contributed by atoms with E-state index in [-0.39, 0.29) is 0 Å². The van der Waals surface area contributed by atoms with E-state index in [2.05, 4.69) is 5.32 Å². The van der Waals surface area contributed by atoms with Crippen molar-refractivity contribution in [2.75, 3.05) is 13.2 Å². The van der Waals surface area contributed by atoms with E-state index in [9.17, 15) is 9.59 Å². The lowest BCUT2D eigenvalue weighted by atomic mass is 9.98. The quantitative estimate of drug-likeness (QED) is 0.522. The highest BCUT2D eigenvalue weighted by atomic mass is 16.5. The van der Waals surface area contributed by atoms with E-state index in [1.165, 1.54) is 19.3 Å². The number of hydrogen-bond acceptors (Lipinski definition) is 3. The van der Waals surface area contributed by atoms with Crippen molar-refractivity contribution in [1.82, 2.24) is 5.32 Å². The highest BCUT2D eigenvalue weighted by molar-refractivity contribution is 5.93. The van der Waals surface area contributed by atoms with Crippen molar-refractivity contribution in [1.29, 1.82) is 0 Å². The predicted molar refractivity (Wildman–Crippen MR) is 62.7 cm³/mol. The van der Waals surface area contributed by atoms with Crippen LogP contribution in [-0.4, -0.2) is 36.2 Å². The first-order valence-electron chi connectivity index (χ1n) is 6.28. The molecule has 0 heterocycles. The van der Waals surface area contributed by atoms with E-state index in [1.807, 2.05) is 0 Å². The summed E-state index contributed by atoms with van der Waals surface area (Å²) in [6.07, 6.45) is 6.77. The molecule has 0 unspecified atom stereocenters. The third kappa shape index (κ3) is 6.94. The normalized spacial score (nSPS) is 16.7. The Balaban J connectivity index is 1.93. The third-order valence-corrected chi connectivity index (χ3v) is 2.86. The van der Waals surface area contributed by atoms with Gasteiger partial charge < -0.3 is 15.2 Å². The van der Waals surface area contributed by atoms with Gasteiger partial charge in [-0.25, -0.2) is 0 Å². The summed E-state index contributed by atoms with van der Waals surface area (Å²) in [6.45, 7) is 1.12. The molecule has 2 N–H and O–H groups in total. The molecule has 0 bridgehead atoms. The first-order valence-corrected chi connectivity index (χ1v) is 6.28. The van der Waals surface area contributed by atoms with Crippen molar-refractivity contribution >= 4 is 11.9 Å². The number of carboxylic acid groups (broad SMARTS) is 1. The van der Waals surface area contributed by atoms with Crippen molar-refractivity contribution < 1.29 is 19.4 Å². The van der Waals surface area contributed by atoms with Crippen LogP contribution in [0, 0.1) is 0 Å². The number of aliphatic carboxylic acids is 1. The number of amides is 1. The molecule has 1 saturated carbocycles. The summed E-state index contributed by atoms with van der Waals surface area (Å²) < 4.78 is 5.68. The van der Waals surface area contributed by atoms with E-state index in [4.69, 9.17) is 9.84 Å². The van der Waals surface area contributed by atoms with Gasteiger partial charge >= 0.3 is 5.97 Å². The maximum Gasteiger partial charge on any atom is 0.312 e. The lowest BCUT2D eigenvalue weighted by Crippen LogP contribution is -2.27. The Morgan fingerprint density at radius 3 is 2.59 bits per heavy atom. The molecule has 0 aliphatic heterocycles. The smallest absolute Gasteiger partial charge is 0.312 e. The molecule has 0 spiro atoms. The van der Waals surface area contributed by atoms with E-state index in [0.29, 0.717) is 19.3 Å². The number of hydrogen-bond donors (Lipinski definition) is 2. The topological polar surface area (TPSA) is 75.6 Å². The molecular weight excluding hydrogens is 222 g/mol. The number of carbonyl (C=O) groups is 2. The highest BCUT2D eigenvalue weighted by Crippen LogP contribution is 2.20. The minimum atomic E-state index is -1.10. The van der Waals surface area contributed by atoms with Crippen molar-refractivity contribution in [3.05, 3.63) is 0 Å². The van der Waals surface area contributed by atoms with Crippen molar-refractivity contribution in [3.63, 3.8) is 0 Å².